The van der Waals surface area contributed by atoms with Crippen molar-refractivity contribution in [3.8, 4) is 0 Å². The third-order valence-electron chi connectivity index (χ3n) is 4.82. The summed E-state index contributed by atoms with van der Waals surface area (Å²) in [6, 6.07) is 3.49. The summed E-state index contributed by atoms with van der Waals surface area (Å²) >= 11 is 0. The third kappa shape index (κ3) is 2.44. The van der Waals surface area contributed by atoms with Crippen molar-refractivity contribution in [2.75, 3.05) is 23.7 Å². The topological polar surface area (TPSA) is 111 Å². The highest BCUT2D eigenvalue weighted by Crippen LogP contribution is 2.31. The Balaban J connectivity index is 2.08. The molecule has 8 heteroatoms. The van der Waals surface area contributed by atoms with Crippen LogP contribution in [0.5, 0.6) is 0 Å². The molecule has 24 heavy (non-hydrogen) atoms. The van der Waals surface area contributed by atoms with Crippen molar-refractivity contribution in [1.82, 2.24) is 9.13 Å². The van der Waals surface area contributed by atoms with E-state index in [4.69, 9.17) is 10.8 Å². The molecular weight excluding hydrogens is 312 g/mol. The Kier molecular flexibility index (Phi) is 3.82. The fourth-order valence-electron chi connectivity index (χ4n) is 3.27. The maximum atomic E-state index is 12.0. The van der Waals surface area contributed by atoms with E-state index in [-0.39, 0.29) is 5.92 Å². The molecule has 8 nitrogen and oxygen atoms in total. The number of nitrogen functional groups attached to an aromatic ring is 1. The van der Waals surface area contributed by atoms with Crippen LogP contribution < -0.4 is 21.8 Å². The smallest absolute Gasteiger partial charge is 0.316 e. The number of aromatic nitrogens is 2. The van der Waals surface area contributed by atoms with Crippen molar-refractivity contribution in [3.63, 3.8) is 0 Å². The molecule has 1 aromatic heterocycles. The van der Waals surface area contributed by atoms with Gasteiger partial charge in [-0.3, -0.25) is 14.4 Å². The number of carboxylic acids is 1. The second-order valence-electron chi connectivity index (χ2n) is 6.23. The molecule has 0 bridgehead atoms. The number of carbonyl (C=O) groups is 1. The van der Waals surface area contributed by atoms with E-state index in [9.17, 15) is 14.4 Å². The van der Waals surface area contributed by atoms with E-state index in [0.717, 1.165) is 5.69 Å². The van der Waals surface area contributed by atoms with Gasteiger partial charge in [0, 0.05) is 27.2 Å². The van der Waals surface area contributed by atoms with Gasteiger partial charge in [-0.1, -0.05) is 0 Å². The van der Waals surface area contributed by atoms with E-state index in [1.807, 2.05) is 4.90 Å². The van der Waals surface area contributed by atoms with Gasteiger partial charge in [-0.2, -0.15) is 0 Å². The average molecular weight is 332 g/mol. The van der Waals surface area contributed by atoms with Gasteiger partial charge in [0.25, 0.3) is 0 Å². The van der Waals surface area contributed by atoms with Gasteiger partial charge in [-0.15, -0.1) is 0 Å². The van der Waals surface area contributed by atoms with Crippen LogP contribution in [-0.2, 0) is 18.9 Å². The van der Waals surface area contributed by atoms with Crippen LogP contribution in [0.4, 0.5) is 11.4 Å². The quantitative estimate of drug-likeness (QED) is 0.597. The molecule has 1 saturated heterocycles. The summed E-state index contributed by atoms with van der Waals surface area (Å²) in [5.74, 6) is -1.09. The predicted octanol–water partition coefficient (Wildman–Crippen LogP) is 0.120. The number of nitrogens with zero attached hydrogens (tertiary/aromatic N) is 3. The number of nitrogens with two attached hydrogens (primary N) is 1. The predicted molar refractivity (Wildman–Crippen MR) is 91.4 cm³/mol. The Labute approximate surface area is 137 Å². The number of carboxylic acid groups (broad SMARTS) is 1. The first-order chi connectivity index (χ1) is 11.3. The molecule has 2 heterocycles. The minimum Gasteiger partial charge on any atom is -0.481 e. The standard InChI is InChI=1S/C16H20N4O4/c1-18-12-7-10(17)11(8-13(12)19(2)15(22)14(18)21)20-5-3-9(4-6-20)16(23)24/h7-9H,3-6,17H2,1-2H3,(H,23,24). The van der Waals surface area contributed by atoms with E-state index < -0.39 is 17.1 Å². The van der Waals surface area contributed by atoms with E-state index in [2.05, 4.69) is 0 Å². The Morgan fingerprint density at radius 2 is 1.58 bits per heavy atom. The minimum absolute atomic E-state index is 0.326. The lowest BCUT2D eigenvalue weighted by molar-refractivity contribution is -0.142. The first kappa shape index (κ1) is 16.1. The summed E-state index contributed by atoms with van der Waals surface area (Å²) in [5.41, 5.74) is 7.44. The first-order valence-electron chi connectivity index (χ1n) is 7.78. The Bertz CT molecular complexity index is 936. The molecule has 2 aromatic rings. The van der Waals surface area contributed by atoms with Crippen LogP contribution in [0.15, 0.2) is 21.7 Å². The number of rotatable bonds is 2. The molecule has 0 spiro atoms. The lowest BCUT2D eigenvalue weighted by atomic mass is 9.96. The molecule has 1 aliphatic rings. The number of piperidine rings is 1. The summed E-state index contributed by atoms with van der Waals surface area (Å²) in [5, 5.41) is 9.10. The number of hydrogen-bond acceptors (Lipinski definition) is 5. The molecule has 3 N–H and O–H groups in total. The number of hydrogen-bond donors (Lipinski definition) is 2. The first-order valence-corrected chi connectivity index (χ1v) is 7.78. The molecule has 0 amide bonds. The molecule has 1 fully saturated rings. The number of aliphatic carboxylic acids is 1. The van der Waals surface area contributed by atoms with Crippen molar-refractivity contribution in [3.05, 3.63) is 32.8 Å². The monoisotopic (exact) mass is 332 g/mol. The van der Waals surface area contributed by atoms with Crippen molar-refractivity contribution >= 4 is 28.4 Å². The van der Waals surface area contributed by atoms with E-state index in [0.29, 0.717) is 42.7 Å². The normalized spacial score (nSPS) is 15.8. The van der Waals surface area contributed by atoms with Gasteiger partial charge < -0.3 is 24.9 Å². The zero-order valence-corrected chi connectivity index (χ0v) is 13.7. The molecule has 0 unspecified atom stereocenters. The Morgan fingerprint density at radius 3 is 2.08 bits per heavy atom. The highest BCUT2D eigenvalue weighted by atomic mass is 16.4. The second kappa shape index (κ2) is 5.70. The van der Waals surface area contributed by atoms with Gasteiger partial charge in [0.1, 0.15) is 0 Å². The summed E-state index contributed by atoms with van der Waals surface area (Å²) in [7, 11) is 3.10. The van der Waals surface area contributed by atoms with E-state index in [1.54, 1.807) is 26.2 Å². The van der Waals surface area contributed by atoms with Crippen molar-refractivity contribution < 1.29 is 9.90 Å². The third-order valence-corrected chi connectivity index (χ3v) is 4.82. The highest BCUT2D eigenvalue weighted by Gasteiger charge is 2.26. The van der Waals surface area contributed by atoms with Crippen LogP contribution in [0.1, 0.15) is 12.8 Å². The largest absolute Gasteiger partial charge is 0.481 e. The van der Waals surface area contributed by atoms with Crippen molar-refractivity contribution in [2.45, 2.75) is 12.8 Å². The lowest BCUT2D eigenvalue weighted by Crippen LogP contribution is -2.40. The molecule has 1 aromatic carbocycles. The van der Waals surface area contributed by atoms with Gasteiger partial charge in [-0.05, 0) is 25.0 Å². The Morgan fingerprint density at radius 1 is 1.08 bits per heavy atom. The van der Waals surface area contributed by atoms with Gasteiger partial charge in [0.2, 0.25) is 0 Å². The second-order valence-corrected chi connectivity index (χ2v) is 6.23. The molecule has 0 atom stereocenters. The molecule has 1 aliphatic heterocycles. The summed E-state index contributed by atoms with van der Waals surface area (Å²) in [6.45, 7) is 1.18. The minimum atomic E-state index is -0.765. The van der Waals surface area contributed by atoms with Gasteiger partial charge in [0.15, 0.2) is 0 Å². The zero-order valence-electron chi connectivity index (χ0n) is 13.7. The van der Waals surface area contributed by atoms with Crippen LogP contribution >= 0.6 is 0 Å². The van der Waals surface area contributed by atoms with Crippen LogP contribution in [0.2, 0.25) is 0 Å². The van der Waals surface area contributed by atoms with Crippen molar-refractivity contribution in [1.29, 1.82) is 0 Å². The van der Waals surface area contributed by atoms with Crippen LogP contribution in [0.3, 0.4) is 0 Å². The summed E-state index contributed by atoms with van der Waals surface area (Å²) < 4.78 is 2.62. The molecule has 128 valence electrons. The van der Waals surface area contributed by atoms with Gasteiger partial charge in [-0.25, -0.2) is 0 Å². The van der Waals surface area contributed by atoms with E-state index >= 15 is 0 Å². The number of fused-ring (bicyclic) bond motifs is 1. The average Bonchev–Trinajstić information content (AvgIpc) is 2.58. The summed E-state index contributed by atoms with van der Waals surface area (Å²) in [4.78, 5) is 37.0. The van der Waals surface area contributed by atoms with Crippen LogP contribution in [-0.4, -0.2) is 33.3 Å². The molecular formula is C16H20N4O4. The number of benzene rings is 1. The fraction of sp³-hybridized carbons (Fsp3) is 0.438. The maximum absolute atomic E-state index is 12.0. The molecule has 0 radical (unpaired) electrons. The zero-order chi connectivity index (χ0) is 17.6. The van der Waals surface area contributed by atoms with E-state index in [1.165, 1.54) is 9.13 Å². The van der Waals surface area contributed by atoms with Gasteiger partial charge >= 0.3 is 17.1 Å². The van der Waals surface area contributed by atoms with Crippen LogP contribution in [0.25, 0.3) is 11.0 Å². The van der Waals surface area contributed by atoms with Gasteiger partial charge in [0.05, 0.1) is 28.3 Å². The highest BCUT2D eigenvalue weighted by molar-refractivity contribution is 5.87. The van der Waals surface area contributed by atoms with Crippen LogP contribution in [0, 0.1) is 5.92 Å². The SMILES string of the molecule is Cn1c(=O)c(=O)n(C)c2cc(N3CCC(C(=O)O)CC3)c(N)cc21. The molecule has 0 saturated carbocycles. The summed E-state index contributed by atoms with van der Waals surface area (Å²) in [6.07, 6.45) is 1.11. The maximum Gasteiger partial charge on any atom is 0.316 e. The molecule has 0 aliphatic carbocycles. The Hall–Kier alpha value is -2.77. The number of anilines is 2. The number of aryl methyl sites for hydroxylation is 2. The fourth-order valence-corrected chi connectivity index (χ4v) is 3.27. The lowest BCUT2D eigenvalue weighted by Gasteiger charge is -2.33. The van der Waals surface area contributed by atoms with Crippen molar-refractivity contribution in [2.24, 2.45) is 20.0 Å². The molecule has 3 rings (SSSR count).